The number of aryl methyl sites for hydroxylation is 1. The normalized spacial score (nSPS) is 16.9. The number of sulfonamides is 1. The zero-order chi connectivity index (χ0) is 18.7. The van der Waals surface area contributed by atoms with Gasteiger partial charge in [0, 0.05) is 11.6 Å². The van der Waals surface area contributed by atoms with Gasteiger partial charge in [0.2, 0.25) is 10.0 Å². The molecule has 2 N–H and O–H groups in total. The Bertz CT molecular complexity index is 910. The SMILES string of the molecule is O=C(O)Cc1ccc2c(c1)CCC(CNS(=O)(=O)c1ccc(Cl)cc1)C2. The number of fused-ring (bicyclic) bond motifs is 1. The molecule has 1 atom stereocenters. The van der Waals surface area contributed by atoms with E-state index in [0.717, 1.165) is 24.8 Å². The summed E-state index contributed by atoms with van der Waals surface area (Å²) in [6.07, 6.45) is 2.51. The maximum Gasteiger partial charge on any atom is 0.307 e. The number of nitrogens with one attached hydrogen (secondary N) is 1. The van der Waals surface area contributed by atoms with Gasteiger partial charge in [0.1, 0.15) is 0 Å². The van der Waals surface area contributed by atoms with Crippen LogP contribution in [0, 0.1) is 5.92 Å². The highest BCUT2D eigenvalue weighted by molar-refractivity contribution is 7.89. The molecule has 0 saturated carbocycles. The first-order chi connectivity index (χ1) is 12.3. The molecule has 5 nitrogen and oxygen atoms in total. The third kappa shape index (κ3) is 4.63. The Morgan fingerprint density at radius 3 is 2.58 bits per heavy atom. The standard InChI is InChI=1S/C19H20ClNO4S/c20-17-5-7-18(8-6-17)26(24,25)21-12-14-2-4-15-9-13(11-19(22)23)1-3-16(15)10-14/h1,3,5-9,14,21H,2,4,10-12H2,(H,22,23). The third-order valence-corrected chi connectivity index (χ3v) is 6.33. The van der Waals surface area contributed by atoms with Gasteiger partial charge in [-0.1, -0.05) is 29.8 Å². The number of halogens is 1. The Labute approximate surface area is 158 Å². The molecule has 7 heteroatoms. The highest BCUT2D eigenvalue weighted by Gasteiger charge is 2.22. The van der Waals surface area contributed by atoms with Crippen molar-refractivity contribution >= 4 is 27.6 Å². The van der Waals surface area contributed by atoms with Crippen molar-refractivity contribution in [3.05, 3.63) is 64.2 Å². The van der Waals surface area contributed by atoms with Crippen molar-refractivity contribution in [3.8, 4) is 0 Å². The predicted octanol–water partition coefficient (Wildman–Crippen LogP) is 3.05. The van der Waals surface area contributed by atoms with Gasteiger partial charge in [-0.05, 0) is 66.1 Å². The van der Waals surface area contributed by atoms with Crippen molar-refractivity contribution in [2.75, 3.05) is 6.54 Å². The molecule has 0 amide bonds. The van der Waals surface area contributed by atoms with E-state index in [4.69, 9.17) is 16.7 Å². The number of rotatable bonds is 6. The molecule has 26 heavy (non-hydrogen) atoms. The highest BCUT2D eigenvalue weighted by Crippen LogP contribution is 2.27. The number of carboxylic acids is 1. The zero-order valence-electron chi connectivity index (χ0n) is 14.1. The fourth-order valence-corrected chi connectivity index (χ4v) is 4.51. The van der Waals surface area contributed by atoms with Crippen LogP contribution in [0.5, 0.6) is 0 Å². The summed E-state index contributed by atoms with van der Waals surface area (Å²) in [5.74, 6) is -0.620. The minimum absolute atomic E-state index is 0.0254. The van der Waals surface area contributed by atoms with Crippen LogP contribution in [0.3, 0.4) is 0 Å². The fourth-order valence-electron chi connectivity index (χ4n) is 3.27. The summed E-state index contributed by atoms with van der Waals surface area (Å²) < 4.78 is 27.4. The van der Waals surface area contributed by atoms with Gasteiger partial charge in [-0.25, -0.2) is 13.1 Å². The van der Waals surface area contributed by atoms with E-state index in [-0.39, 0.29) is 17.2 Å². The van der Waals surface area contributed by atoms with Crippen molar-refractivity contribution in [3.63, 3.8) is 0 Å². The number of carbonyl (C=O) groups is 1. The van der Waals surface area contributed by atoms with E-state index in [2.05, 4.69) is 4.72 Å². The second-order valence-corrected chi connectivity index (χ2v) is 8.79. The largest absolute Gasteiger partial charge is 0.481 e. The van der Waals surface area contributed by atoms with Crippen molar-refractivity contribution in [2.45, 2.75) is 30.6 Å². The predicted molar refractivity (Wildman–Crippen MR) is 99.9 cm³/mol. The van der Waals surface area contributed by atoms with Crippen LogP contribution in [-0.2, 0) is 34.1 Å². The maximum atomic E-state index is 12.4. The van der Waals surface area contributed by atoms with E-state index in [0.29, 0.717) is 11.6 Å². The van der Waals surface area contributed by atoms with Crippen LogP contribution in [0.4, 0.5) is 0 Å². The van der Waals surface area contributed by atoms with Crippen molar-refractivity contribution in [1.29, 1.82) is 0 Å². The van der Waals surface area contributed by atoms with Gasteiger partial charge < -0.3 is 5.11 Å². The molecule has 2 aromatic carbocycles. The number of aliphatic carboxylic acids is 1. The summed E-state index contributed by atoms with van der Waals surface area (Å²) >= 11 is 5.80. The molecule has 1 aliphatic rings. The molecule has 0 aliphatic heterocycles. The Morgan fingerprint density at radius 2 is 1.88 bits per heavy atom. The van der Waals surface area contributed by atoms with Gasteiger partial charge in [-0.2, -0.15) is 0 Å². The van der Waals surface area contributed by atoms with E-state index >= 15 is 0 Å². The quantitative estimate of drug-likeness (QED) is 0.790. The molecule has 0 bridgehead atoms. The molecule has 0 spiro atoms. The number of carboxylic acid groups (broad SMARTS) is 1. The summed E-state index contributed by atoms with van der Waals surface area (Å²) in [6, 6.07) is 11.9. The number of hydrogen-bond acceptors (Lipinski definition) is 3. The summed E-state index contributed by atoms with van der Waals surface area (Å²) in [7, 11) is -3.55. The van der Waals surface area contributed by atoms with Crippen LogP contribution in [0.25, 0.3) is 0 Å². The average Bonchev–Trinajstić information content (AvgIpc) is 2.60. The topological polar surface area (TPSA) is 83.5 Å². The van der Waals surface area contributed by atoms with Crippen LogP contribution >= 0.6 is 11.6 Å². The molecule has 0 aromatic heterocycles. The molecular weight excluding hydrogens is 374 g/mol. The summed E-state index contributed by atoms with van der Waals surface area (Å²) in [4.78, 5) is 11.0. The lowest BCUT2D eigenvalue weighted by atomic mass is 9.83. The molecule has 2 aromatic rings. The van der Waals surface area contributed by atoms with Gasteiger partial charge in [0.05, 0.1) is 11.3 Å². The molecule has 1 aliphatic carbocycles. The first-order valence-corrected chi connectivity index (χ1v) is 10.3. The van der Waals surface area contributed by atoms with Crippen molar-refractivity contribution < 1.29 is 18.3 Å². The van der Waals surface area contributed by atoms with E-state index in [9.17, 15) is 13.2 Å². The van der Waals surface area contributed by atoms with Gasteiger partial charge >= 0.3 is 5.97 Å². The van der Waals surface area contributed by atoms with Crippen LogP contribution < -0.4 is 4.72 Å². The highest BCUT2D eigenvalue weighted by atomic mass is 35.5. The van der Waals surface area contributed by atoms with Crippen molar-refractivity contribution in [1.82, 2.24) is 4.72 Å². The lowest BCUT2D eigenvalue weighted by Gasteiger charge is -2.25. The van der Waals surface area contributed by atoms with Crippen LogP contribution in [0.1, 0.15) is 23.1 Å². The van der Waals surface area contributed by atoms with Gasteiger partial charge in [0.25, 0.3) is 0 Å². The zero-order valence-corrected chi connectivity index (χ0v) is 15.7. The molecule has 0 saturated heterocycles. The van der Waals surface area contributed by atoms with Crippen LogP contribution in [0.2, 0.25) is 5.02 Å². The molecule has 1 unspecified atom stereocenters. The summed E-state index contributed by atoms with van der Waals surface area (Å²) in [5, 5.41) is 9.39. The van der Waals surface area contributed by atoms with E-state index in [1.807, 2.05) is 18.2 Å². The molecule has 138 valence electrons. The maximum absolute atomic E-state index is 12.4. The Morgan fingerprint density at radius 1 is 1.15 bits per heavy atom. The Balaban J connectivity index is 1.62. The minimum atomic E-state index is -3.55. The Hall–Kier alpha value is -1.89. The lowest BCUT2D eigenvalue weighted by Crippen LogP contribution is -2.32. The number of hydrogen-bond donors (Lipinski definition) is 2. The third-order valence-electron chi connectivity index (χ3n) is 4.64. The van der Waals surface area contributed by atoms with Crippen LogP contribution in [0.15, 0.2) is 47.4 Å². The second-order valence-electron chi connectivity index (χ2n) is 6.59. The first kappa shape index (κ1) is 18.9. The fraction of sp³-hybridized carbons (Fsp3) is 0.316. The monoisotopic (exact) mass is 393 g/mol. The van der Waals surface area contributed by atoms with E-state index in [1.54, 1.807) is 12.1 Å². The first-order valence-electron chi connectivity index (χ1n) is 8.41. The van der Waals surface area contributed by atoms with Gasteiger partial charge in [-0.15, -0.1) is 0 Å². The smallest absolute Gasteiger partial charge is 0.307 e. The molecular formula is C19H20ClNO4S. The van der Waals surface area contributed by atoms with Crippen LogP contribution in [-0.4, -0.2) is 26.0 Å². The molecule has 0 heterocycles. The summed E-state index contributed by atoms with van der Waals surface area (Å²) in [5.41, 5.74) is 3.14. The second kappa shape index (κ2) is 7.78. The van der Waals surface area contributed by atoms with E-state index in [1.165, 1.54) is 23.3 Å². The van der Waals surface area contributed by atoms with E-state index < -0.39 is 16.0 Å². The summed E-state index contributed by atoms with van der Waals surface area (Å²) in [6.45, 7) is 0.376. The van der Waals surface area contributed by atoms with Gasteiger partial charge in [0.15, 0.2) is 0 Å². The molecule has 0 radical (unpaired) electrons. The Kier molecular flexibility index (Phi) is 5.65. The molecule has 3 rings (SSSR count). The van der Waals surface area contributed by atoms with Crippen molar-refractivity contribution in [2.24, 2.45) is 5.92 Å². The minimum Gasteiger partial charge on any atom is -0.481 e. The number of benzene rings is 2. The average molecular weight is 394 g/mol. The molecule has 0 fully saturated rings. The lowest BCUT2D eigenvalue weighted by molar-refractivity contribution is -0.136. The van der Waals surface area contributed by atoms with Gasteiger partial charge in [-0.3, -0.25) is 4.79 Å².